The molecule has 31 heavy (non-hydrogen) atoms. The van der Waals surface area contributed by atoms with Crippen molar-refractivity contribution in [1.29, 1.82) is 10.5 Å². The van der Waals surface area contributed by atoms with Crippen molar-refractivity contribution >= 4 is 17.6 Å². The maximum atomic E-state index is 9.93. The molecule has 156 valence electrons. The van der Waals surface area contributed by atoms with Gasteiger partial charge in [-0.05, 0) is 23.8 Å². The monoisotopic (exact) mass is 432 g/mol. The Kier molecular flexibility index (Phi) is 7.77. The predicted molar refractivity (Wildman–Crippen MR) is 118 cm³/mol. The fourth-order valence-electron chi connectivity index (χ4n) is 2.81. The molecule has 0 aliphatic carbocycles. The Bertz CT molecular complexity index is 1110. The number of ether oxygens (including phenoxy) is 2. The van der Waals surface area contributed by atoms with Crippen LogP contribution in [-0.4, -0.2) is 42.3 Å². The molecule has 0 atom stereocenters. The zero-order valence-corrected chi connectivity index (χ0v) is 17.9. The van der Waals surface area contributed by atoms with Crippen molar-refractivity contribution in [3.8, 4) is 29.1 Å². The third-order valence-corrected chi connectivity index (χ3v) is 5.32. The summed E-state index contributed by atoms with van der Waals surface area (Å²) in [6.45, 7) is 0.866. The Balaban J connectivity index is 2.01. The van der Waals surface area contributed by atoms with Gasteiger partial charge in [0.25, 0.3) is 0 Å². The summed E-state index contributed by atoms with van der Waals surface area (Å²) in [6, 6.07) is 11.7. The molecule has 0 saturated heterocycles. The average Bonchev–Trinajstić information content (AvgIpc) is 2.82. The molecule has 0 saturated carbocycles. The number of hydrogen-bond donors (Lipinski definition) is 1. The van der Waals surface area contributed by atoms with Crippen LogP contribution in [0.5, 0.6) is 5.75 Å². The van der Waals surface area contributed by atoms with Gasteiger partial charge in [0.15, 0.2) is 0 Å². The molecule has 0 radical (unpaired) electrons. The summed E-state index contributed by atoms with van der Waals surface area (Å²) < 4.78 is 10.5. The third-order valence-electron chi connectivity index (χ3n) is 4.27. The number of aromatic nitrogens is 3. The van der Waals surface area contributed by atoms with Crippen molar-refractivity contribution in [2.45, 2.75) is 10.8 Å². The number of nitrogens with zero attached hydrogens (tertiary/aromatic N) is 5. The first kappa shape index (κ1) is 22.0. The Morgan fingerprint density at radius 3 is 2.55 bits per heavy atom. The van der Waals surface area contributed by atoms with Crippen molar-refractivity contribution in [3.05, 3.63) is 59.5 Å². The lowest BCUT2D eigenvalue weighted by Crippen LogP contribution is -2.06. The van der Waals surface area contributed by atoms with Crippen molar-refractivity contribution < 1.29 is 9.47 Å². The molecule has 0 unspecified atom stereocenters. The van der Waals surface area contributed by atoms with Gasteiger partial charge in [0, 0.05) is 37.9 Å². The normalized spacial score (nSPS) is 10.2. The molecule has 3 heterocycles. The van der Waals surface area contributed by atoms with Gasteiger partial charge in [-0.3, -0.25) is 9.97 Å². The van der Waals surface area contributed by atoms with E-state index in [-0.39, 0.29) is 5.56 Å². The minimum atomic E-state index is 0.269. The van der Waals surface area contributed by atoms with Crippen molar-refractivity contribution in [3.63, 3.8) is 0 Å². The van der Waals surface area contributed by atoms with Crippen molar-refractivity contribution in [1.82, 2.24) is 15.0 Å². The van der Waals surface area contributed by atoms with Crippen LogP contribution in [0.4, 0.5) is 5.82 Å². The largest absolute Gasteiger partial charge is 0.490 e. The SMILES string of the molecule is CNc1nc(SCc2cccnc2)c(C#N)c(-c2ccc(OCCOC)cn2)c1C#N. The predicted octanol–water partition coefficient (Wildman–Crippen LogP) is 3.64. The Morgan fingerprint density at radius 1 is 1.10 bits per heavy atom. The molecule has 3 aromatic heterocycles. The van der Waals surface area contributed by atoms with Crippen LogP contribution in [0.2, 0.25) is 0 Å². The molecular weight excluding hydrogens is 412 g/mol. The maximum Gasteiger partial charge on any atom is 0.145 e. The van der Waals surface area contributed by atoms with E-state index in [0.29, 0.717) is 52.4 Å². The van der Waals surface area contributed by atoms with Crippen molar-refractivity contribution in [2.75, 3.05) is 32.7 Å². The summed E-state index contributed by atoms with van der Waals surface area (Å²) in [4.78, 5) is 13.1. The van der Waals surface area contributed by atoms with Gasteiger partial charge in [-0.25, -0.2) is 4.98 Å². The van der Waals surface area contributed by atoms with Crippen molar-refractivity contribution in [2.24, 2.45) is 0 Å². The maximum absolute atomic E-state index is 9.93. The highest BCUT2D eigenvalue weighted by molar-refractivity contribution is 7.98. The van der Waals surface area contributed by atoms with E-state index in [1.807, 2.05) is 12.1 Å². The first-order chi connectivity index (χ1) is 15.2. The van der Waals surface area contributed by atoms with E-state index >= 15 is 0 Å². The molecular formula is C22H20N6O2S. The van der Waals surface area contributed by atoms with E-state index in [0.717, 1.165) is 5.56 Å². The summed E-state index contributed by atoms with van der Waals surface area (Å²) in [6.07, 6.45) is 5.04. The number of pyridine rings is 3. The Hall–Kier alpha value is -3.66. The minimum Gasteiger partial charge on any atom is -0.490 e. The zero-order chi connectivity index (χ0) is 22.1. The molecule has 9 heteroatoms. The number of nitriles is 2. The molecule has 8 nitrogen and oxygen atoms in total. The topological polar surface area (TPSA) is 117 Å². The number of thioether (sulfide) groups is 1. The van der Waals surface area contributed by atoms with E-state index < -0.39 is 0 Å². The highest BCUT2D eigenvalue weighted by Gasteiger charge is 2.22. The van der Waals surface area contributed by atoms with Crippen LogP contribution >= 0.6 is 11.8 Å². The third kappa shape index (κ3) is 5.28. The standard InChI is InChI=1S/C22H20N6O2S/c1-25-21-17(10-23)20(19-6-5-16(13-27-19)30-9-8-29-2)18(11-24)22(28-21)31-14-15-4-3-7-26-12-15/h3-7,12-13H,8-9,14H2,1-2H3,(H,25,28). The van der Waals surface area contributed by atoms with Gasteiger partial charge in [-0.15, -0.1) is 11.8 Å². The molecule has 0 aliphatic rings. The van der Waals surface area contributed by atoms with Crippen LogP contribution in [0.25, 0.3) is 11.3 Å². The highest BCUT2D eigenvalue weighted by Crippen LogP contribution is 2.36. The van der Waals surface area contributed by atoms with Crippen LogP contribution < -0.4 is 10.1 Å². The number of nitrogens with one attached hydrogen (secondary N) is 1. The van der Waals surface area contributed by atoms with Gasteiger partial charge in [0.2, 0.25) is 0 Å². The van der Waals surface area contributed by atoms with E-state index in [4.69, 9.17) is 9.47 Å². The van der Waals surface area contributed by atoms with Gasteiger partial charge in [0.05, 0.1) is 24.1 Å². The van der Waals surface area contributed by atoms with Crippen LogP contribution in [0, 0.1) is 22.7 Å². The van der Waals surface area contributed by atoms with Gasteiger partial charge >= 0.3 is 0 Å². The number of methoxy groups -OCH3 is 1. The number of rotatable bonds is 9. The lowest BCUT2D eigenvalue weighted by Gasteiger charge is -2.14. The summed E-state index contributed by atoms with van der Waals surface area (Å²) >= 11 is 1.41. The van der Waals surface area contributed by atoms with Gasteiger partial charge in [-0.2, -0.15) is 10.5 Å². The van der Waals surface area contributed by atoms with E-state index in [1.165, 1.54) is 11.8 Å². The number of anilines is 1. The summed E-state index contributed by atoms with van der Waals surface area (Å²) in [5.74, 6) is 1.56. The second kappa shape index (κ2) is 10.9. The molecule has 1 N–H and O–H groups in total. The molecule has 0 fully saturated rings. The molecule has 0 aliphatic heterocycles. The molecule has 0 amide bonds. The zero-order valence-electron chi connectivity index (χ0n) is 17.1. The first-order valence-corrected chi connectivity index (χ1v) is 10.4. The van der Waals surface area contributed by atoms with E-state index in [9.17, 15) is 10.5 Å². The lowest BCUT2D eigenvalue weighted by molar-refractivity contribution is 0.146. The second-order valence-corrected chi connectivity index (χ2v) is 7.20. The first-order valence-electron chi connectivity index (χ1n) is 9.37. The molecule has 3 rings (SSSR count). The second-order valence-electron chi connectivity index (χ2n) is 6.23. The summed E-state index contributed by atoms with van der Waals surface area (Å²) in [7, 11) is 3.29. The fourth-order valence-corrected chi connectivity index (χ4v) is 3.73. The Morgan fingerprint density at radius 2 is 1.94 bits per heavy atom. The Labute approximate surface area is 184 Å². The van der Waals surface area contributed by atoms with Crippen LogP contribution in [-0.2, 0) is 10.5 Å². The van der Waals surface area contributed by atoms with Crippen LogP contribution in [0.1, 0.15) is 16.7 Å². The smallest absolute Gasteiger partial charge is 0.145 e. The van der Waals surface area contributed by atoms with Gasteiger partial charge in [0.1, 0.15) is 40.9 Å². The lowest BCUT2D eigenvalue weighted by atomic mass is 10.0. The quantitative estimate of drug-likeness (QED) is 0.399. The molecule has 0 aromatic carbocycles. The van der Waals surface area contributed by atoms with E-state index in [2.05, 4.69) is 32.4 Å². The summed E-state index contributed by atoms with van der Waals surface area (Å²) in [5, 5.41) is 23.2. The number of hydrogen-bond acceptors (Lipinski definition) is 9. The van der Waals surface area contributed by atoms with Crippen LogP contribution in [0.3, 0.4) is 0 Å². The highest BCUT2D eigenvalue weighted by atomic mass is 32.2. The molecule has 3 aromatic rings. The minimum absolute atomic E-state index is 0.269. The fraction of sp³-hybridized carbons (Fsp3) is 0.227. The van der Waals surface area contributed by atoms with Gasteiger partial charge in [-0.1, -0.05) is 6.07 Å². The summed E-state index contributed by atoms with van der Waals surface area (Å²) in [5.41, 5.74) is 2.52. The van der Waals surface area contributed by atoms with Gasteiger partial charge < -0.3 is 14.8 Å². The van der Waals surface area contributed by atoms with E-state index in [1.54, 1.807) is 44.9 Å². The molecule has 0 bridgehead atoms. The average molecular weight is 433 g/mol. The molecule has 0 spiro atoms. The van der Waals surface area contributed by atoms with Crippen LogP contribution in [0.15, 0.2) is 47.9 Å².